The highest BCUT2D eigenvalue weighted by atomic mass is 19.1. The van der Waals surface area contributed by atoms with E-state index in [1.807, 2.05) is 0 Å². The highest BCUT2D eigenvalue weighted by molar-refractivity contribution is 6.08. The minimum absolute atomic E-state index is 0.0160. The lowest BCUT2D eigenvalue weighted by Crippen LogP contribution is -2.49. The molecular formula is C30H33F2N7O4. The van der Waals surface area contributed by atoms with Gasteiger partial charge in [-0.05, 0) is 75.2 Å². The van der Waals surface area contributed by atoms with E-state index in [9.17, 15) is 23.2 Å². The summed E-state index contributed by atoms with van der Waals surface area (Å²) in [4.78, 5) is 49.5. The van der Waals surface area contributed by atoms with Gasteiger partial charge in [-0.2, -0.15) is 0 Å². The zero-order chi connectivity index (χ0) is 30.2. The van der Waals surface area contributed by atoms with Crippen molar-refractivity contribution < 1.29 is 27.9 Å². The minimum Gasteiger partial charge on any atom is -0.436 e. The van der Waals surface area contributed by atoms with E-state index in [1.165, 1.54) is 68.1 Å². The molecule has 2 aliphatic heterocycles. The molecule has 5 rings (SSSR count). The smallest absolute Gasteiger partial charge is 0.323 e. The van der Waals surface area contributed by atoms with Gasteiger partial charge in [0.1, 0.15) is 24.4 Å². The average molecular weight is 594 g/mol. The molecule has 0 bridgehead atoms. The molecule has 0 saturated carbocycles. The molecule has 3 aromatic rings. The summed E-state index contributed by atoms with van der Waals surface area (Å²) in [6.07, 6.45) is 6.33. The zero-order valence-corrected chi connectivity index (χ0v) is 23.5. The van der Waals surface area contributed by atoms with Crippen LogP contribution >= 0.6 is 0 Å². The van der Waals surface area contributed by atoms with Gasteiger partial charge in [0.15, 0.2) is 11.6 Å². The molecule has 3 heterocycles. The molecule has 3 N–H and O–H groups in total. The van der Waals surface area contributed by atoms with E-state index in [0.29, 0.717) is 24.8 Å². The summed E-state index contributed by atoms with van der Waals surface area (Å²) >= 11 is 0. The Morgan fingerprint density at radius 3 is 2.19 bits per heavy atom. The van der Waals surface area contributed by atoms with Gasteiger partial charge in [-0.3, -0.25) is 14.9 Å². The van der Waals surface area contributed by atoms with Gasteiger partial charge in [-0.25, -0.2) is 23.5 Å². The first kappa shape index (κ1) is 29.8. The second kappa shape index (κ2) is 14.0. The van der Waals surface area contributed by atoms with Gasteiger partial charge in [0.2, 0.25) is 17.7 Å². The van der Waals surface area contributed by atoms with Crippen LogP contribution in [0.5, 0.6) is 11.6 Å². The topological polar surface area (TPSA) is 129 Å². The summed E-state index contributed by atoms with van der Waals surface area (Å²) in [6, 6.07) is 10.5. The molecule has 4 amide bonds. The quantitative estimate of drug-likeness (QED) is 0.314. The first-order chi connectivity index (χ1) is 20.8. The summed E-state index contributed by atoms with van der Waals surface area (Å²) in [5.41, 5.74) is 0.455. The van der Waals surface area contributed by atoms with E-state index in [1.54, 1.807) is 4.90 Å². The Morgan fingerprint density at radius 1 is 0.814 bits per heavy atom. The van der Waals surface area contributed by atoms with Gasteiger partial charge in [0, 0.05) is 42.6 Å². The third kappa shape index (κ3) is 8.44. The van der Waals surface area contributed by atoms with Crippen LogP contribution in [-0.2, 0) is 9.59 Å². The Balaban J connectivity index is 1.10. The Labute approximate surface area is 247 Å². The number of aromatic nitrogens is 2. The molecule has 0 aliphatic carbocycles. The van der Waals surface area contributed by atoms with Gasteiger partial charge in [-0.15, -0.1) is 0 Å². The van der Waals surface area contributed by atoms with Gasteiger partial charge >= 0.3 is 6.03 Å². The van der Waals surface area contributed by atoms with Crippen molar-refractivity contribution >= 4 is 35.0 Å². The number of halogens is 2. The second-order valence-electron chi connectivity index (χ2n) is 10.5. The van der Waals surface area contributed by atoms with Crippen molar-refractivity contribution in [2.24, 2.45) is 0 Å². The summed E-state index contributed by atoms with van der Waals surface area (Å²) in [7, 11) is 0. The van der Waals surface area contributed by atoms with E-state index >= 15 is 0 Å². The van der Waals surface area contributed by atoms with E-state index in [-0.39, 0.29) is 29.2 Å². The first-order valence-corrected chi connectivity index (χ1v) is 14.3. The van der Waals surface area contributed by atoms with E-state index in [2.05, 4.69) is 30.8 Å². The van der Waals surface area contributed by atoms with Crippen LogP contribution in [0.4, 0.5) is 30.8 Å². The normalized spacial score (nSPS) is 15.9. The third-order valence-corrected chi connectivity index (χ3v) is 7.41. The van der Waals surface area contributed by atoms with Crippen molar-refractivity contribution in [3.8, 4) is 11.6 Å². The number of amides is 4. The molecule has 1 aromatic heterocycles. The Hall–Kier alpha value is -4.65. The molecule has 2 aromatic carbocycles. The number of likely N-dealkylation sites (tertiary alicyclic amines) is 2. The van der Waals surface area contributed by atoms with Crippen LogP contribution in [0.3, 0.4) is 0 Å². The predicted octanol–water partition coefficient (Wildman–Crippen LogP) is 5.00. The lowest BCUT2D eigenvalue weighted by Gasteiger charge is -2.40. The van der Waals surface area contributed by atoms with Crippen LogP contribution in [0.2, 0.25) is 0 Å². The zero-order valence-electron chi connectivity index (χ0n) is 23.5. The van der Waals surface area contributed by atoms with Crippen molar-refractivity contribution in [2.45, 2.75) is 44.6 Å². The SMILES string of the molecule is O=C(CC(=O)Nc1ccc(Oc2cc(NC(=O)N3CCC(N4CCCCC4)CC3)ncn2)c(F)c1)Nc1ccc(F)cc1. The van der Waals surface area contributed by atoms with Crippen LogP contribution in [-0.4, -0.2) is 69.8 Å². The van der Waals surface area contributed by atoms with Crippen LogP contribution < -0.4 is 20.7 Å². The maximum Gasteiger partial charge on any atom is 0.323 e. The number of anilines is 3. The van der Waals surface area contributed by atoms with Gasteiger partial charge < -0.3 is 25.2 Å². The van der Waals surface area contributed by atoms with Gasteiger partial charge in [0.05, 0.1) is 0 Å². The number of benzene rings is 2. The van der Waals surface area contributed by atoms with Crippen LogP contribution in [0, 0.1) is 11.6 Å². The molecule has 0 atom stereocenters. The average Bonchev–Trinajstić information content (AvgIpc) is 3.00. The predicted molar refractivity (Wildman–Crippen MR) is 156 cm³/mol. The van der Waals surface area contributed by atoms with Crippen molar-refractivity contribution in [1.29, 1.82) is 0 Å². The second-order valence-corrected chi connectivity index (χ2v) is 10.5. The van der Waals surface area contributed by atoms with E-state index in [0.717, 1.165) is 32.0 Å². The fraction of sp³-hybridized carbons (Fsp3) is 0.367. The molecule has 0 unspecified atom stereocenters. The van der Waals surface area contributed by atoms with Crippen LogP contribution in [0.1, 0.15) is 38.5 Å². The molecule has 11 nitrogen and oxygen atoms in total. The van der Waals surface area contributed by atoms with Crippen molar-refractivity contribution in [2.75, 3.05) is 42.1 Å². The van der Waals surface area contributed by atoms with Crippen molar-refractivity contribution in [3.63, 3.8) is 0 Å². The monoisotopic (exact) mass is 593 g/mol. The fourth-order valence-corrected chi connectivity index (χ4v) is 5.23. The standard InChI is InChI=1S/C30H33F2N7O4/c31-20-4-6-21(7-5-20)35-27(40)18-28(41)36-22-8-9-25(24(32)16-22)43-29-17-26(33-19-34-29)37-30(42)39-14-10-23(11-15-39)38-12-2-1-3-13-38/h4-9,16-17,19,23H,1-3,10-15,18H2,(H,35,40)(H,36,41)(H,33,34,37,42). The number of rotatable bonds is 8. The van der Waals surface area contributed by atoms with E-state index < -0.39 is 29.9 Å². The number of carbonyl (C=O) groups excluding carboxylic acids is 3. The highest BCUT2D eigenvalue weighted by Crippen LogP contribution is 2.27. The first-order valence-electron chi connectivity index (χ1n) is 14.3. The number of carbonyl (C=O) groups is 3. The lowest BCUT2D eigenvalue weighted by atomic mass is 10.0. The van der Waals surface area contributed by atoms with Crippen molar-refractivity contribution in [3.05, 3.63) is 66.5 Å². The van der Waals surface area contributed by atoms with Gasteiger partial charge in [0.25, 0.3) is 0 Å². The number of ether oxygens (including phenoxy) is 1. The van der Waals surface area contributed by atoms with E-state index in [4.69, 9.17) is 4.74 Å². The fourth-order valence-electron chi connectivity index (χ4n) is 5.23. The molecule has 13 heteroatoms. The molecule has 43 heavy (non-hydrogen) atoms. The Kier molecular flexibility index (Phi) is 9.72. The molecule has 0 radical (unpaired) electrons. The Morgan fingerprint density at radius 2 is 1.49 bits per heavy atom. The molecule has 2 saturated heterocycles. The summed E-state index contributed by atoms with van der Waals surface area (Å²) < 4.78 is 33.3. The number of urea groups is 1. The van der Waals surface area contributed by atoms with Crippen molar-refractivity contribution in [1.82, 2.24) is 19.8 Å². The summed E-state index contributed by atoms with van der Waals surface area (Å²) in [5.74, 6) is -2.44. The lowest BCUT2D eigenvalue weighted by molar-refractivity contribution is -0.123. The molecule has 2 fully saturated rings. The highest BCUT2D eigenvalue weighted by Gasteiger charge is 2.28. The summed E-state index contributed by atoms with van der Waals surface area (Å²) in [6.45, 7) is 3.59. The van der Waals surface area contributed by atoms with Crippen LogP contribution in [0.25, 0.3) is 0 Å². The largest absolute Gasteiger partial charge is 0.436 e. The Bertz CT molecular complexity index is 1440. The number of nitrogens with one attached hydrogen (secondary N) is 3. The molecular weight excluding hydrogens is 560 g/mol. The number of hydrogen-bond acceptors (Lipinski definition) is 7. The van der Waals surface area contributed by atoms with Gasteiger partial charge in [-0.1, -0.05) is 6.42 Å². The maximum atomic E-state index is 14.8. The maximum absolute atomic E-state index is 14.8. The number of nitrogens with zero attached hydrogens (tertiary/aromatic N) is 4. The minimum atomic E-state index is -0.783. The third-order valence-electron chi connectivity index (χ3n) is 7.41. The summed E-state index contributed by atoms with van der Waals surface area (Å²) in [5, 5.41) is 7.69. The molecule has 2 aliphatic rings. The number of hydrogen-bond donors (Lipinski definition) is 3. The molecule has 0 spiro atoms. The van der Waals surface area contributed by atoms with Crippen LogP contribution in [0.15, 0.2) is 54.9 Å². The molecule has 226 valence electrons. The number of piperidine rings is 2.